The fourth-order valence-electron chi connectivity index (χ4n) is 2.44. The molecule has 0 radical (unpaired) electrons. The minimum Gasteiger partial charge on any atom is -0.454 e. The van der Waals surface area contributed by atoms with Gasteiger partial charge in [0.25, 0.3) is 0 Å². The zero-order valence-corrected chi connectivity index (χ0v) is 14.1. The Balaban J connectivity index is 1.23. The summed E-state index contributed by atoms with van der Waals surface area (Å²) in [7, 11) is 0. The number of anilines is 2. The van der Waals surface area contributed by atoms with E-state index in [9.17, 15) is 4.79 Å². The quantitative estimate of drug-likeness (QED) is 0.611. The third-order valence-electron chi connectivity index (χ3n) is 3.61. The Hall–Kier alpha value is -3.00. The molecule has 0 atom stereocenters. The summed E-state index contributed by atoms with van der Waals surface area (Å²) >= 11 is 1.59. The van der Waals surface area contributed by atoms with Crippen LogP contribution in [-0.4, -0.2) is 30.9 Å². The number of hydrogen-bond acceptors (Lipinski definition) is 6. The van der Waals surface area contributed by atoms with Gasteiger partial charge >= 0.3 is 6.03 Å². The second-order valence-corrected chi connectivity index (χ2v) is 6.39. The monoisotopic (exact) mass is 356 g/mol. The first-order valence-electron chi connectivity index (χ1n) is 7.82. The lowest BCUT2D eigenvalue weighted by atomic mass is 10.3. The SMILES string of the molecule is O=C(NCCNc1nc2ccccc2s1)Nc1ccc2c(c1)OCO2. The van der Waals surface area contributed by atoms with Crippen molar-refractivity contribution < 1.29 is 14.3 Å². The molecule has 2 heterocycles. The molecular formula is C17H16N4O3S. The maximum absolute atomic E-state index is 11.9. The van der Waals surface area contributed by atoms with Crippen molar-refractivity contribution in [3.63, 3.8) is 0 Å². The maximum atomic E-state index is 11.9. The molecular weight excluding hydrogens is 340 g/mol. The summed E-state index contributed by atoms with van der Waals surface area (Å²) in [6, 6.07) is 13.0. The van der Waals surface area contributed by atoms with Crippen LogP contribution in [0.2, 0.25) is 0 Å². The first kappa shape index (κ1) is 15.5. The molecule has 128 valence electrons. The summed E-state index contributed by atoms with van der Waals surface area (Å²) < 4.78 is 11.7. The van der Waals surface area contributed by atoms with E-state index >= 15 is 0 Å². The zero-order valence-electron chi connectivity index (χ0n) is 13.2. The van der Waals surface area contributed by atoms with Crippen molar-refractivity contribution in [1.29, 1.82) is 0 Å². The van der Waals surface area contributed by atoms with Crippen molar-refractivity contribution in [3.05, 3.63) is 42.5 Å². The Labute approximate surface area is 148 Å². The Bertz CT molecular complexity index is 879. The van der Waals surface area contributed by atoms with Gasteiger partial charge in [-0.25, -0.2) is 9.78 Å². The van der Waals surface area contributed by atoms with Gasteiger partial charge in [-0.3, -0.25) is 0 Å². The van der Waals surface area contributed by atoms with Gasteiger partial charge in [-0.2, -0.15) is 0 Å². The number of carbonyl (C=O) groups excluding carboxylic acids is 1. The van der Waals surface area contributed by atoms with E-state index in [0.29, 0.717) is 30.3 Å². The van der Waals surface area contributed by atoms with Crippen LogP contribution in [0, 0.1) is 0 Å². The van der Waals surface area contributed by atoms with Gasteiger partial charge in [0.15, 0.2) is 16.6 Å². The standard InChI is InChI=1S/C17H16N4O3S/c22-16(20-11-5-6-13-14(9-11)24-10-23-13)18-7-8-19-17-21-12-3-1-2-4-15(12)25-17/h1-6,9H,7-8,10H2,(H,19,21)(H2,18,20,22). The van der Waals surface area contributed by atoms with Crippen LogP contribution in [0.15, 0.2) is 42.5 Å². The molecule has 1 aromatic heterocycles. The van der Waals surface area contributed by atoms with Crippen molar-refractivity contribution in [1.82, 2.24) is 10.3 Å². The summed E-state index contributed by atoms with van der Waals surface area (Å²) in [5, 5.41) is 9.62. The van der Waals surface area contributed by atoms with Crippen LogP contribution in [-0.2, 0) is 0 Å². The second-order valence-electron chi connectivity index (χ2n) is 5.36. The van der Waals surface area contributed by atoms with Crippen molar-refractivity contribution in [2.75, 3.05) is 30.5 Å². The number of para-hydroxylation sites is 1. The van der Waals surface area contributed by atoms with Gasteiger partial charge < -0.3 is 25.4 Å². The molecule has 3 aromatic rings. The molecule has 0 saturated carbocycles. The zero-order chi connectivity index (χ0) is 17.1. The Kier molecular flexibility index (Phi) is 4.26. The molecule has 0 bridgehead atoms. The molecule has 0 unspecified atom stereocenters. The molecule has 25 heavy (non-hydrogen) atoms. The fraction of sp³-hybridized carbons (Fsp3) is 0.176. The number of amides is 2. The van der Waals surface area contributed by atoms with E-state index in [1.54, 1.807) is 29.5 Å². The number of hydrogen-bond donors (Lipinski definition) is 3. The summed E-state index contributed by atoms with van der Waals surface area (Å²) in [5.41, 5.74) is 1.63. The molecule has 0 saturated heterocycles. The van der Waals surface area contributed by atoms with E-state index in [2.05, 4.69) is 20.9 Å². The van der Waals surface area contributed by atoms with Crippen LogP contribution in [0.25, 0.3) is 10.2 Å². The Morgan fingerprint density at radius 1 is 1.12 bits per heavy atom. The molecule has 0 fully saturated rings. The molecule has 7 nitrogen and oxygen atoms in total. The summed E-state index contributed by atoms with van der Waals surface area (Å²) in [6.07, 6.45) is 0. The molecule has 4 rings (SSSR count). The molecule has 1 aliphatic heterocycles. The van der Waals surface area contributed by atoms with Crippen LogP contribution in [0.4, 0.5) is 15.6 Å². The van der Waals surface area contributed by atoms with Crippen LogP contribution in [0.5, 0.6) is 11.5 Å². The maximum Gasteiger partial charge on any atom is 0.319 e. The van der Waals surface area contributed by atoms with Crippen molar-refractivity contribution in [2.24, 2.45) is 0 Å². The predicted octanol–water partition coefficient (Wildman–Crippen LogP) is 3.26. The van der Waals surface area contributed by atoms with E-state index in [1.165, 1.54) is 0 Å². The van der Waals surface area contributed by atoms with E-state index in [4.69, 9.17) is 9.47 Å². The van der Waals surface area contributed by atoms with Crippen molar-refractivity contribution in [3.8, 4) is 11.5 Å². The number of nitrogens with zero attached hydrogens (tertiary/aromatic N) is 1. The third-order valence-corrected chi connectivity index (χ3v) is 4.61. The minimum atomic E-state index is -0.273. The number of aromatic nitrogens is 1. The lowest BCUT2D eigenvalue weighted by Gasteiger charge is -2.08. The van der Waals surface area contributed by atoms with Crippen LogP contribution < -0.4 is 25.4 Å². The average Bonchev–Trinajstić information content (AvgIpc) is 3.24. The van der Waals surface area contributed by atoms with Gasteiger partial charge in [-0.1, -0.05) is 23.5 Å². The number of urea groups is 1. The number of ether oxygens (including phenoxy) is 2. The first-order chi connectivity index (χ1) is 12.3. The van der Waals surface area contributed by atoms with Crippen LogP contribution in [0.3, 0.4) is 0 Å². The average molecular weight is 356 g/mol. The molecule has 3 N–H and O–H groups in total. The highest BCUT2D eigenvalue weighted by atomic mass is 32.1. The summed E-state index contributed by atoms with van der Waals surface area (Å²) in [6.45, 7) is 1.28. The summed E-state index contributed by atoms with van der Waals surface area (Å²) in [4.78, 5) is 16.4. The lowest BCUT2D eigenvalue weighted by Crippen LogP contribution is -2.32. The molecule has 2 amide bonds. The topological polar surface area (TPSA) is 84.5 Å². The molecule has 8 heteroatoms. The van der Waals surface area contributed by atoms with E-state index < -0.39 is 0 Å². The Morgan fingerprint density at radius 3 is 2.92 bits per heavy atom. The van der Waals surface area contributed by atoms with Gasteiger partial charge in [0, 0.05) is 24.8 Å². The number of thiazole rings is 1. The summed E-state index contributed by atoms with van der Waals surface area (Å²) in [5.74, 6) is 1.32. The van der Waals surface area contributed by atoms with Gasteiger partial charge in [0.2, 0.25) is 6.79 Å². The van der Waals surface area contributed by atoms with E-state index in [0.717, 1.165) is 15.3 Å². The minimum absolute atomic E-state index is 0.211. The predicted molar refractivity (Wildman–Crippen MR) is 97.7 cm³/mol. The molecule has 0 spiro atoms. The van der Waals surface area contributed by atoms with Gasteiger partial charge in [0.05, 0.1) is 10.2 Å². The highest BCUT2D eigenvalue weighted by Gasteiger charge is 2.13. The van der Waals surface area contributed by atoms with Crippen molar-refractivity contribution in [2.45, 2.75) is 0 Å². The lowest BCUT2D eigenvalue weighted by molar-refractivity contribution is 0.174. The van der Waals surface area contributed by atoms with Gasteiger partial charge in [-0.15, -0.1) is 0 Å². The number of carbonyl (C=O) groups is 1. The highest BCUT2D eigenvalue weighted by molar-refractivity contribution is 7.22. The fourth-order valence-corrected chi connectivity index (χ4v) is 3.33. The first-order valence-corrected chi connectivity index (χ1v) is 8.63. The Morgan fingerprint density at radius 2 is 2.00 bits per heavy atom. The van der Waals surface area contributed by atoms with Crippen molar-refractivity contribution >= 4 is 38.4 Å². The molecule has 0 aliphatic carbocycles. The van der Waals surface area contributed by atoms with Gasteiger partial charge in [-0.05, 0) is 24.3 Å². The van der Waals surface area contributed by atoms with Gasteiger partial charge in [0.1, 0.15) is 0 Å². The number of rotatable bonds is 5. The number of nitrogens with one attached hydrogen (secondary N) is 3. The molecule has 2 aromatic carbocycles. The van der Waals surface area contributed by atoms with E-state index in [1.807, 2.05) is 24.3 Å². The highest BCUT2D eigenvalue weighted by Crippen LogP contribution is 2.34. The number of fused-ring (bicyclic) bond motifs is 2. The number of benzene rings is 2. The van der Waals surface area contributed by atoms with Crippen LogP contribution in [0.1, 0.15) is 0 Å². The molecule has 1 aliphatic rings. The largest absolute Gasteiger partial charge is 0.454 e. The normalized spacial score (nSPS) is 12.2. The van der Waals surface area contributed by atoms with Crippen LogP contribution >= 0.6 is 11.3 Å². The second kappa shape index (κ2) is 6.86. The smallest absolute Gasteiger partial charge is 0.319 e. The third kappa shape index (κ3) is 3.58. The van der Waals surface area contributed by atoms with E-state index in [-0.39, 0.29) is 12.8 Å².